The fraction of sp³-hybridized carbons (Fsp3) is 0.222. The van der Waals surface area contributed by atoms with Gasteiger partial charge >= 0.3 is 5.97 Å². The molecule has 0 unspecified atom stereocenters. The molecule has 2 rings (SSSR count). The lowest BCUT2D eigenvalue weighted by molar-refractivity contribution is -0.139. The monoisotopic (exact) mass is 376 g/mol. The number of rotatable bonds is 8. The lowest BCUT2D eigenvalue weighted by Crippen LogP contribution is -2.30. The lowest BCUT2D eigenvalue weighted by Gasteiger charge is -2.08. The van der Waals surface area contributed by atoms with Gasteiger partial charge in [0, 0.05) is 12.1 Å². The minimum atomic E-state index is -3.82. The fourth-order valence-electron chi connectivity index (χ4n) is 2.15. The van der Waals surface area contributed by atoms with Crippen LogP contribution < -0.4 is 10.0 Å². The summed E-state index contributed by atoms with van der Waals surface area (Å²) in [6.45, 7) is -0.448. The number of amides is 1. The summed E-state index contributed by atoms with van der Waals surface area (Å²) in [5.74, 6) is -0.843. The van der Waals surface area contributed by atoms with Crippen molar-refractivity contribution in [2.75, 3.05) is 19.0 Å². The molecule has 0 radical (unpaired) electrons. The second kappa shape index (κ2) is 9.12. The predicted octanol–water partition coefficient (Wildman–Crippen LogP) is 1.71. The number of benzene rings is 2. The number of carbonyl (C=O) groups is 2. The van der Waals surface area contributed by atoms with Gasteiger partial charge in [-0.1, -0.05) is 30.3 Å². The molecule has 138 valence electrons. The van der Waals surface area contributed by atoms with Crippen LogP contribution in [0.2, 0.25) is 0 Å². The largest absolute Gasteiger partial charge is 0.468 e. The standard InChI is InChI=1S/C18H20N2O5S/c1-25-18(22)13-19-26(23,24)16-10-8-15(9-11-16)20-17(21)12-7-14-5-3-2-4-6-14/h2-6,8-11,19H,7,12-13H2,1H3,(H,20,21). The molecule has 0 aliphatic carbocycles. The van der Waals surface area contributed by atoms with Gasteiger partial charge in [0.1, 0.15) is 6.54 Å². The predicted molar refractivity (Wildman–Crippen MR) is 97.0 cm³/mol. The van der Waals surface area contributed by atoms with E-state index in [1.54, 1.807) is 0 Å². The number of aryl methyl sites for hydroxylation is 1. The zero-order valence-corrected chi connectivity index (χ0v) is 15.1. The molecule has 2 N–H and O–H groups in total. The quantitative estimate of drug-likeness (QED) is 0.683. The van der Waals surface area contributed by atoms with Crippen molar-refractivity contribution in [3.63, 3.8) is 0 Å². The SMILES string of the molecule is COC(=O)CNS(=O)(=O)c1ccc(NC(=O)CCc2ccccc2)cc1. The average Bonchev–Trinajstić information content (AvgIpc) is 2.66. The van der Waals surface area contributed by atoms with Gasteiger partial charge in [-0.2, -0.15) is 4.72 Å². The molecule has 0 atom stereocenters. The third-order valence-electron chi connectivity index (χ3n) is 3.57. The van der Waals surface area contributed by atoms with Gasteiger partial charge in [-0.3, -0.25) is 9.59 Å². The van der Waals surface area contributed by atoms with Crippen molar-refractivity contribution in [3.8, 4) is 0 Å². The fourth-order valence-corrected chi connectivity index (χ4v) is 3.12. The molecule has 7 nitrogen and oxygen atoms in total. The summed E-state index contributed by atoms with van der Waals surface area (Å²) in [6.07, 6.45) is 0.946. The van der Waals surface area contributed by atoms with E-state index in [4.69, 9.17) is 0 Å². The first-order chi connectivity index (χ1) is 12.4. The van der Waals surface area contributed by atoms with Crippen LogP contribution in [-0.2, 0) is 30.8 Å². The summed E-state index contributed by atoms with van der Waals surface area (Å²) < 4.78 is 30.6. The van der Waals surface area contributed by atoms with Gasteiger partial charge in [0.15, 0.2) is 0 Å². The van der Waals surface area contributed by atoms with E-state index in [1.165, 1.54) is 31.4 Å². The summed E-state index contributed by atoms with van der Waals surface area (Å²) in [7, 11) is -2.65. The minimum Gasteiger partial charge on any atom is -0.468 e. The number of nitrogens with one attached hydrogen (secondary N) is 2. The van der Waals surface area contributed by atoms with E-state index in [2.05, 4.69) is 14.8 Å². The summed E-state index contributed by atoms with van der Waals surface area (Å²) in [5, 5.41) is 2.72. The molecule has 8 heteroatoms. The number of methoxy groups -OCH3 is 1. The molecule has 0 saturated carbocycles. The summed E-state index contributed by atoms with van der Waals surface area (Å²) in [5.41, 5.74) is 1.57. The molecule has 0 aromatic heterocycles. The van der Waals surface area contributed by atoms with Crippen molar-refractivity contribution < 1.29 is 22.7 Å². The molecule has 0 saturated heterocycles. The van der Waals surface area contributed by atoms with Crippen LogP contribution in [0.5, 0.6) is 0 Å². The van der Waals surface area contributed by atoms with E-state index in [-0.39, 0.29) is 10.8 Å². The molecule has 2 aromatic rings. The molecule has 26 heavy (non-hydrogen) atoms. The normalized spacial score (nSPS) is 11.0. The van der Waals surface area contributed by atoms with Gasteiger partial charge in [-0.25, -0.2) is 8.42 Å². The molecule has 0 heterocycles. The number of anilines is 1. The Morgan fingerprint density at radius 2 is 1.65 bits per heavy atom. The van der Waals surface area contributed by atoms with Crippen LogP contribution in [0, 0.1) is 0 Å². The summed E-state index contributed by atoms with van der Waals surface area (Å²) in [6, 6.07) is 15.3. The Labute approximate surface area is 152 Å². The first-order valence-electron chi connectivity index (χ1n) is 7.91. The first-order valence-corrected chi connectivity index (χ1v) is 9.39. The van der Waals surface area contributed by atoms with Gasteiger partial charge in [0.05, 0.1) is 12.0 Å². The smallest absolute Gasteiger partial charge is 0.320 e. The van der Waals surface area contributed by atoms with Crippen molar-refractivity contribution in [3.05, 3.63) is 60.2 Å². The van der Waals surface area contributed by atoms with Crippen molar-refractivity contribution in [2.24, 2.45) is 0 Å². The molecule has 0 aliphatic rings. The van der Waals surface area contributed by atoms with E-state index < -0.39 is 22.5 Å². The lowest BCUT2D eigenvalue weighted by atomic mass is 10.1. The van der Waals surface area contributed by atoms with Gasteiger partial charge in [-0.05, 0) is 36.2 Å². The second-order valence-electron chi connectivity index (χ2n) is 5.46. The number of esters is 1. The van der Waals surface area contributed by atoms with Crippen LogP contribution >= 0.6 is 0 Å². The Balaban J connectivity index is 1.90. The van der Waals surface area contributed by atoms with Crippen LogP contribution in [0.15, 0.2) is 59.5 Å². The number of hydrogen-bond donors (Lipinski definition) is 2. The Morgan fingerprint density at radius 3 is 2.27 bits per heavy atom. The minimum absolute atomic E-state index is 0.0105. The molecule has 0 bridgehead atoms. The van der Waals surface area contributed by atoms with E-state index in [0.29, 0.717) is 18.5 Å². The molecular formula is C18H20N2O5S. The van der Waals surface area contributed by atoms with E-state index in [9.17, 15) is 18.0 Å². The highest BCUT2D eigenvalue weighted by Crippen LogP contribution is 2.14. The number of hydrogen-bond acceptors (Lipinski definition) is 5. The van der Waals surface area contributed by atoms with E-state index in [1.807, 2.05) is 30.3 Å². The second-order valence-corrected chi connectivity index (χ2v) is 7.23. The zero-order valence-electron chi connectivity index (χ0n) is 14.3. The molecule has 1 amide bonds. The topological polar surface area (TPSA) is 102 Å². The average molecular weight is 376 g/mol. The molecule has 2 aromatic carbocycles. The molecule has 0 aliphatic heterocycles. The number of sulfonamides is 1. The zero-order chi connectivity index (χ0) is 19.0. The number of carbonyl (C=O) groups excluding carboxylic acids is 2. The van der Waals surface area contributed by atoms with Crippen LogP contribution in [0.4, 0.5) is 5.69 Å². The Kier molecular flexibility index (Phi) is 6.88. The molecular weight excluding hydrogens is 356 g/mol. The van der Waals surface area contributed by atoms with Crippen molar-refractivity contribution in [1.29, 1.82) is 0 Å². The highest BCUT2D eigenvalue weighted by molar-refractivity contribution is 7.89. The van der Waals surface area contributed by atoms with Crippen LogP contribution in [-0.4, -0.2) is 33.9 Å². The maximum absolute atomic E-state index is 12.0. The third kappa shape index (κ3) is 5.98. The maximum Gasteiger partial charge on any atom is 0.320 e. The summed E-state index contributed by atoms with van der Waals surface area (Å²) >= 11 is 0. The van der Waals surface area contributed by atoms with Crippen LogP contribution in [0.1, 0.15) is 12.0 Å². The Hall–Kier alpha value is -2.71. The number of ether oxygens (including phenoxy) is 1. The van der Waals surface area contributed by atoms with Gasteiger partial charge in [0.25, 0.3) is 0 Å². The first kappa shape index (κ1) is 19.6. The van der Waals surface area contributed by atoms with Crippen LogP contribution in [0.25, 0.3) is 0 Å². The molecule has 0 fully saturated rings. The van der Waals surface area contributed by atoms with E-state index in [0.717, 1.165) is 5.56 Å². The highest BCUT2D eigenvalue weighted by atomic mass is 32.2. The van der Waals surface area contributed by atoms with Gasteiger partial charge < -0.3 is 10.1 Å². The highest BCUT2D eigenvalue weighted by Gasteiger charge is 2.15. The Morgan fingerprint density at radius 1 is 1.00 bits per heavy atom. The van der Waals surface area contributed by atoms with Gasteiger partial charge in [-0.15, -0.1) is 0 Å². The van der Waals surface area contributed by atoms with Gasteiger partial charge in [0.2, 0.25) is 15.9 Å². The molecule has 0 spiro atoms. The van der Waals surface area contributed by atoms with Crippen LogP contribution in [0.3, 0.4) is 0 Å². The maximum atomic E-state index is 12.0. The summed E-state index contributed by atoms with van der Waals surface area (Å²) in [4.78, 5) is 23.0. The Bertz CT molecular complexity index is 849. The third-order valence-corrected chi connectivity index (χ3v) is 4.98. The van der Waals surface area contributed by atoms with E-state index >= 15 is 0 Å². The van der Waals surface area contributed by atoms with Crippen molar-refractivity contribution in [1.82, 2.24) is 4.72 Å². The van der Waals surface area contributed by atoms with Crippen molar-refractivity contribution in [2.45, 2.75) is 17.7 Å². The van der Waals surface area contributed by atoms with Crippen molar-refractivity contribution >= 4 is 27.6 Å².